The van der Waals surface area contributed by atoms with Crippen molar-refractivity contribution in [2.24, 2.45) is 0 Å². The Balaban J connectivity index is 2.00. The fourth-order valence-corrected chi connectivity index (χ4v) is 4.98. The second kappa shape index (κ2) is 9.83. The predicted octanol–water partition coefficient (Wildman–Crippen LogP) is 5.73. The quantitative estimate of drug-likeness (QED) is 0.407. The van der Waals surface area contributed by atoms with Crippen LogP contribution in [0.5, 0.6) is 0 Å². The monoisotopic (exact) mass is 477 g/mol. The summed E-state index contributed by atoms with van der Waals surface area (Å²) in [7, 11) is -2.54. The normalized spacial score (nSPS) is 12.5. The number of esters is 1. The maximum Gasteiger partial charge on any atom is 0.337 e. The lowest BCUT2D eigenvalue weighted by Gasteiger charge is -2.29. The highest BCUT2D eigenvalue weighted by Crippen LogP contribution is 2.30. The maximum atomic E-state index is 13.5. The fraction of sp³-hybridized carbons (Fsp3) is 0.174. The van der Waals surface area contributed by atoms with Gasteiger partial charge >= 0.3 is 5.97 Å². The highest BCUT2D eigenvalue weighted by Gasteiger charge is 2.30. The molecule has 8 heteroatoms. The number of nitrogens with zero attached hydrogens (tertiary/aromatic N) is 1. The lowest BCUT2D eigenvalue weighted by atomic mass is 10.1. The van der Waals surface area contributed by atoms with Crippen LogP contribution in [-0.4, -0.2) is 25.8 Å². The molecule has 1 unspecified atom stereocenters. The largest absolute Gasteiger partial charge is 0.465 e. The van der Waals surface area contributed by atoms with Gasteiger partial charge in [0.1, 0.15) is 0 Å². The zero-order valence-corrected chi connectivity index (χ0v) is 19.3. The first kappa shape index (κ1) is 23.3. The number of carbonyl (C=O) groups excluding carboxylic acids is 1. The van der Waals surface area contributed by atoms with Crippen LogP contribution < -0.4 is 0 Å². The number of ether oxygens (including phenoxy) is 1. The first-order valence-corrected chi connectivity index (χ1v) is 11.6. The molecule has 31 heavy (non-hydrogen) atoms. The minimum absolute atomic E-state index is 0.107. The zero-order chi connectivity index (χ0) is 22.6. The Kier molecular flexibility index (Phi) is 7.38. The average Bonchev–Trinajstić information content (AvgIpc) is 2.77. The van der Waals surface area contributed by atoms with Crippen molar-refractivity contribution in [2.45, 2.75) is 24.4 Å². The SMILES string of the molecule is COC(=O)c1ccc(CN(C(C)c2ccc(Cl)cc2)S(=O)(=O)c2ccc(Cl)cc2)cc1. The summed E-state index contributed by atoms with van der Waals surface area (Å²) in [6.07, 6.45) is 0. The van der Waals surface area contributed by atoms with E-state index < -0.39 is 22.0 Å². The lowest BCUT2D eigenvalue weighted by molar-refractivity contribution is 0.0600. The summed E-state index contributed by atoms with van der Waals surface area (Å²) >= 11 is 11.9. The second-order valence-electron chi connectivity index (χ2n) is 6.92. The molecule has 0 saturated carbocycles. The van der Waals surface area contributed by atoms with E-state index in [1.807, 2.05) is 6.92 Å². The van der Waals surface area contributed by atoms with Crippen molar-refractivity contribution in [3.8, 4) is 0 Å². The molecule has 0 aliphatic heterocycles. The highest BCUT2D eigenvalue weighted by atomic mass is 35.5. The minimum atomic E-state index is -3.85. The molecule has 0 N–H and O–H groups in total. The molecule has 0 spiro atoms. The van der Waals surface area contributed by atoms with Gasteiger partial charge in [-0.3, -0.25) is 0 Å². The van der Waals surface area contributed by atoms with E-state index in [9.17, 15) is 13.2 Å². The molecule has 0 radical (unpaired) electrons. The van der Waals surface area contributed by atoms with Crippen molar-refractivity contribution >= 4 is 39.2 Å². The summed E-state index contributed by atoms with van der Waals surface area (Å²) in [5.41, 5.74) is 1.92. The molecule has 0 fully saturated rings. The summed E-state index contributed by atoms with van der Waals surface area (Å²) < 4.78 is 33.2. The molecular weight excluding hydrogens is 457 g/mol. The topological polar surface area (TPSA) is 63.7 Å². The Morgan fingerprint density at radius 2 is 1.42 bits per heavy atom. The molecule has 0 aliphatic carbocycles. The number of benzene rings is 3. The Morgan fingerprint density at radius 3 is 1.94 bits per heavy atom. The number of methoxy groups -OCH3 is 1. The van der Waals surface area contributed by atoms with E-state index in [-0.39, 0.29) is 11.4 Å². The smallest absolute Gasteiger partial charge is 0.337 e. The zero-order valence-electron chi connectivity index (χ0n) is 17.0. The number of sulfonamides is 1. The van der Waals surface area contributed by atoms with Crippen molar-refractivity contribution in [3.05, 3.63) is 99.5 Å². The Labute approximate surface area is 192 Å². The van der Waals surface area contributed by atoms with E-state index >= 15 is 0 Å². The third-order valence-electron chi connectivity index (χ3n) is 4.92. The van der Waals surface area contributed by atoms with Crippen molar-refractivity contribution in [2.75, 3.05) is 7.11 Å². The van der Waals surface area contributed by atoms with E-state index in [1.165, 1.54) is 23.5 Å². The molecular formula is C23H21Cl2NO4S. The van der Waals surface area contributed by atoms with Crippen molar-refractivity contribution in [1.29, 1.82) is 0 Å². The van der Waals surface area contributed by atoms with Gasteiger partial charge in [0.2, 0.25) is 10.0 Å². The Bertz CT molecular complexity index is 1150. The first-order chi connectivity index (χ1) is 14.7. The number of hydrogen-bond donors (Lipinski definition) is 0. The Morgan fingerprint density at radius 1 is 0.903 bits per heavy atom. The van der Waals surface area contributed by atoms with E-state index in [4.69, 9.17) is 27.9 Å². The van der Waals surface area contributed by atoms with Crippen LogP contribution in [0.15, 0.2) is 77.7 Å². The van der Waals surface area contributed by atoms with E-state index in [2.05, 4.69) is 0 Å². The highest BCUT2D eigenvalue weighted by molar-refractivity contribution is 7.89. The molecule has 3 rings (SSSR count). The van der Waals surface area contributed by atoms with Gasteiger partial charge in [-0.1, -0.05) is 47.5 Å². The van der Waals surface area contributed by atoms with E-state index in [0.29, 0.717) is 15.6 Å². The molecule has 0 saturated heterocycles. The van der Waals surface area contributed by atoms with Crippen molar-refractivity contribution in [1.82, 2.24) is 4.31 Å². The van der Waals surface area contributed by atoms with Crippen LogP contribution in [0.2, 0.25) is 10.0 Å². The van der Waals surface area contributed by atoms with Crippen LogP contribution in [0.25, 0.3) is 0 Å². The minimum Gasteiger partial charge on any atom is -0.465 e. The van der Waals surface area contributed by atoms with Gasteiger partial charge in [-0.2, -0.15) is 4.31 Å². The summed E-state index contributed by atoms with van der Waals surface area (Å²) in [6, 6.07) is 19.3. The van der Waals surface area contributed by atoms with Crippen molar-refractivity contribution < 1.29 is 17.9 Å². The van der Waals surface area contributed by atoms with Crippen LogP contribution in [0.4, 0.5) is 0 Å². The molecule has 5 nitrogen and oxygen atoms in total. The van der Waals surface area contributed by atoms with Gasteiger partial charge < -0.3 is 4.74 Å². The van der Waals surface area contributed by atoms with Crippen LogP contribution in [-0.2, 0) is 21.3 Å². The fourth-order valence-electron chi connectivity index (χ4n) is 3.12. The molecule has 0 heterocycles. The third kappa shape index (κ3) is 5.46. The molecule has 3 aromatic carbocycles. The van der Waals surface area contributed by atoms with Gasteiger partial charge in [0.15, 0.2) is 0 Å². The predicted molar refractivity (Wildman–Crippen MR) is 122 cm³/mol. The average molecular weight is 478 g/mol. The van der Waals surface area contributed by atoms with Gasteiger partial charge in [-0.15, -0.1) is 0 Å². The molecule has 0 amide bonds. The number of rotatable bonds is 7. The summed E-state index contributed by atoms with van der Waals surface area (Å²) in [6.45, 7) is 1.93. The van der Waals surface area contributed by atoms with Gasteiger partial charge in [-0.05, 0) is 66.6 Å². The summed E-state index contributed by atoms with van der Waals surface area (Å²) in [4.78, 5) is 11.8. The molecule has 3 aromatic rings. The summed E-state index contributed by atoms with van der Waals surface area (Å²) in [5, 5.41) is 1.02. The molecule has 0 aromatic heterocycles. The van der Waals surface area contributed by atoms with Crippen LogP contribution in [0, 0.1) is 0 Å². The van der Waals surface area contributed by atoms with Gasteiger partial charge in [0.05, 0.1) is 17.6 Å². The standard InChI is InChI=1S/C23H21Cl2NO4S/c1-16(18-7-9-20(24)10-8-18)26(31(28,29)22-13-11-21(25)12-14-22)15-17-3-5-19(6-4-17)23(27)30-2/h3-14,16H,15H2,1-2H3. The van der Waals surface area contributed by atoms with Crippen LogP contribution >= 0.6 is 23.2 Å². The molecule has 1 atom stereocenters. The molecule has 0 bridgehead atoms. The van der Waals surface area contributed by atoms with Gasteiger partial charge in [0.25, 0.3) is 0 Å². The van der Waals surface area contributed by atoms with Gasteiger partial charge in [-0.25, -0.2) is 13.2 Å². The number of carbonyl (C=O) groups is 1. The molecule has 162 valence electrons. The van der Waals surface area contributed by atoms with Crippen LogP contribution in [0.3, 0.4) is 0 Å². The van der Waals surface area contributed by atoms with E-state index in [1.54, 1.807) is 60.7 Å². The lowest BCUT2D eigenvalue weighted by Crippen LogP contribution is -2.33. The number of hydrogen-bond acceptors (Lipinski definition) is 4. The van der Waals surface area contributed by atoms with Gasteiger partial charge in [0, 0.05) is 22.6 Å². The number of halogens is 2. The Hall–Kier alpha value is -2.38. The van der Waals surface area contributed by atoms with Crippen molar-refractivity contribution in [3.63, 3.8) is 0 Å². The summed E-state index contributed by atoms with van der Waals surface area (Å²) in [5.74, 6) is -0.452. The molecule has 0 aliphatic rings. The van der Waals surface area contributed by atoms with Crippen LogP contribution in [0.1, 0.15) is 34.5 Å². The van der Waals surface area contributed by atoms with E-state index in [0.717, 1.165) is 11.1 Å². The second-order valence-corrected chi connectivity index (χ2v) is 9.68. The third-order valence-corrected chi connectivity index (χ3v) is 7.35. The first-order valence-electron chi connectivity index (χ1n) is 9.42. The maximum absolute atomic E-state index is 13.5.